The number of carbonyl (C=O) groups is 3. The third kappa shape index (κ3) is 4.61. The molecule has 7 nitrogen and oxygen atoms in total. The molecule has 2 aliphatic rings. The third-order valence-electron chi connectivity index (χ3n) is 5.10. The average molecular weight is 495 g/mol. The largest absolute Gasteiger partial charge is 0.376 e. The van der Waals surface area contributed by atoms with Crippen molar-refractivity contribution in [1.29, 1.82) is 0 Å². The molecule has 32 heavy (non-hydrogen) atoms. The normalized spacial score (nSPS) is 18.5. The van der Waals surface area contributed by atoms with E-state index in [1.165, 1.54) is 18.2 Å². The zero-order valence-corrected chi connectivity index (χ0v) is 18.9. The van der Waals surface area contributed by atoms with Crippen LogP contribution in [-0.2, 0) is 14.3 Å². The van der Waals surface area contributed by atoms with Crippen LogP contribution < -0.4 is 15.5 Å². The molecule has 0 aromatic heterocycles. The van der Waals surface area contributed by atoms with E-state index in [0.29, 0.717) is 29.4 Å². The van der Waals surface area contributed by atoms with Gasteiger partial charge in [-0.25, -0.2) is 4.90 Å². The van der Waals surface area contributed by atoms with Crippen LogP contribution in [0.3, 0.4) is 0 Å². The molecule has 2 N–H and O–H groups in total. The second-order valence-corrected chi connectivity index (χ2v) is 8.48. The van der Waals surface area contributed by atoms with Gasteiger partial charge in [0.05, 0.1) is 21.8 Å². The van der Waals surface area contributed by atoms with E-state index >= 15 is 0 Å². The standard InChI is InChI=1S/C22H18Cl3N3O4/c23-16-7-6-14(10-17(16)24)28-21(30)18(25)19(22(28)31)27-13-4-1-3-12(9-13)20(29)26-11-15-5-2-8-32-15/h1,3-4,6-7,9-10,15,27H,2,5,8,11H2,(H,26,29). The zero-order valence-electron chi connectivity index (χ0n) is 16.7. The van der Waals surface area contributed by atoms with Crippen molar-refractivity contribution < 1.29 is 19.1 Å². The fraction of sp³-hybridized carbons (Fsp3) is 0.227. The summed E-state index contributed by atoms with van der Waals surface area (Å²) in [7, 11) is 0. The Labute approximate surface area is 199 Å². The second-order valence-electron chi connectivity index (χ2n) is 7.28. The number of benzene rings is 2. The Morgan fingerprint density at radius 1 is 1.06 bits per heavy atom. The molecule has 1 unspecified atom stereocenters. The molecular formula is C22H18Cl3N3O4. The van der Waals surface area contributed by atoms with Gasteiger partial charge < -0.3 is 15.4 Å². The molecule has 2 aromatic carbocycles. The van der Waals surface area contributed by atoms with Gasteiger partial charge in [-0.3, -0.25) is 14.4 Å². The van der Waals surface area contributed by atoms with Crippen molar-refractivity contribution in [2.45, 2.75) is 18.9 Å². The zero-order chi connectivity index (χ0) is 22.8. The molecule has 0 saturated carbocycles. The number of halogens is 3. The summed E-state index contributed by atoms with van der Waals surface area (Å²) in [4.78, 5) is 38.9. The van der Waals surface area contributed by atoms with Crippen molar-refractivity contribution in [2.75, 3.05) is 23.4 Å². The highest BCUT2D eigenvalue weighted by Crippen LogP contribution is 2.33. The molecular weight excluding hydrogens is 477 g/mol. The van der Waals surface area contributed by atoms with Gasteiger partial charge in [0.2, 0.25) is 0 Å². The highest BCUT2D eigenvalue weighted by molar-refractivity contribution is 6.53. The van der Waals surface area contributed by atoms with Gasteiger partial charge in [-0.1, -0.05) is 40.9 Å². The molecule has 0 aliphatic carbocycles. The first kappa shape index (κ1) is 22.6. The fourth-order valence-electron chi connectivity index (χ4n) is 3.47. The first-order chi connectivity index (χ1) is 15.3. The fourth-order valence-corrected chi connectivity index (χ4v) is 3.97. The van der Waals surface area contributed by atoms with E-state index in [4.69, 9.17) is 39.5 Å². The highest BCUT2D eigenvalue weighted by atomic mass is 35.5. The predicted octanol–water partition coefficient (Wildman–Crippen LogP) is 4.34. The van der Waals surface area contributed by atoms with Crippen LogP contribution in [-0.4, -0.2) is 37.0 Å². The summed E-state index contributed by atoms with van der Waals surface area (Å²) in [5, 5.41) is 5.93. The van der Waals surface area contributed by atoms with E-state index < -0.39 is 11.8 Å². The van der Waals surface area contributed by atoms with Crippen LogP contribution in [0, 0.1) is 0 Å². The quantitative estimate of drug-likeness (QED) is 0.584. The van der Waals surface area contributed by atoms with E-state index in [2.05, 4.69) is 10.6 Å². The van der Waals surface area contributed by atoms with Crippen LogP contribution in [0.4, 0.5) is 11.4 Å². The van der Waals surface area contributed by atoms with Gasteiger partial charge in [0.1, 0.15) is 10.7 Å². The maximum atomic E-state index is 12.9. The average Bonchev–Trinajstić information content (AvgIpc) is 3.37. The van der Waals surface area contributed by atoms with Gasteiger partial charge in [-0.2, -0.15) is 0 Å². The molecule has 1 atom stereocenters. The van der Waals surface area contributed by atoms with Crippen LogP contribution in [0.1, 0.15) is 23.2 Å². The molecule has 2 aliphatic heterocycles. The van der Waals surface area contributed by atoms with Gasteiger partial charge in [-0.15, -0.1) is 0 Å². The first-order valence-corrected chi connectivity index (χ1v) is 11.0. The Bertz CT molecular complexity index is 1130. The molecule has 2 aromatic rings. The summed E-state index contributed by atoms with van der Waals surface area (Å²) in [6, 6.07) is 10.9. The molecule has 0 bridgehead atoms. The lowest BCUT2D eigenvalue weighted by molar-refractivity contribution is -0.120. The second kappa shape index (κ2) is 9.50. The lowest BCUT2D eigenvalue weighted by Gasteiger charge is -2.16. The molecule has 0 radical (unpaired) electrons. The minimum atomic E-state index is -0.692. The molecule has 0 spiro atoms. The number of ether oxygens (including phenoxy) is 1. The predicted molar refractivity (Wildman–Crippen MR) is 123 cm³/mol. The van der Waals surface area contributed by atoms with E-state index in [0.717, 1.165) is 17.7 Å². The van der Waals surface area contributed by atoms with Crippen molar-refractivity contribution in [3.63, 3.8) is 0 Å². The van der Waals surface area contributed by atoms with Gasteiger partial charge in [0.25, 0.3) is 17.7 Å². The Hall–Kier alpha value is -2.58. The van der Waals surface area contributed by atoms with Crippen LogP contribution in [0.5, 0.6) is 0 Å². The van der Waals surface area contributed by atoms with E-state index in [1.807, 2.05) is 0 Å². The van der Waals surface area contributed by atoms with Crippen molar-refractivity contribution in [1.82, 2.24) is 5.32 Å². The van der Waals surface area contributed by atoms with Crippen molar-refractivity contribution in [3.8, 4) is 0 Å². The molecule has 3 amide bonds. The molecule has 2 heterocycles. The van der Waals surface area contributed by atoms with Crippen LogP contribution in [0.25, 0.3) is 0 Å². The number of nitrogens with one attached hydrogen (secondary N) is 2. The summed E-state index contributed by atoms with van der Waals surface area (Å²) in [5.74, 6) is -1.61. The molecule has 4 rings (SSSR count). The number of hydrogen-bond donors (Lipinski definition) is 2. The molecule has 166 valence electrons. The van der Waals surface area contributed by atoms with E-state index in [-0.39, 0.29) is 33.5 Å². The van der Waals surface area contributed by atoms with Gasteiger partial charge >= 0.3 is 0 Å². The van der Waals surface area contributed by atoms with E-state index in [1.54, 1.807) is 24.3 Å². The molecule has 1 saturated heterocycles. The highest BCUT2D eigenvalue weighted by Gasteiger charge is 2.39. The Balaban J connectivity index is 1.49. The lowest BCUT2D eigenvalue weighted by Crippen LogP contribution is -2.32. The number of anilines is 2. The SMILES string of the molecule is O=C(NCC1CCCO1)c1cccc(NC2=C(Cl)C(=O)N(c3ccc(Cl)c(Cl)c3)C2=O)c1. The number of amides is 3. The molecule has 1 fully saturated rings. The molecule has 10 heteroatoms. The Kier molecular flexibility index (Phi) is 6.71. The smallest absolute Gasteiger partial charge is 0.283 e. The Morgan fingerprint density at radius 2 is 1.88 bits per heavy atom. The first-order valence-electron chi connectivity index (χ1n) is 9.85. The Morgan fingerprint density at radius 3 is 2.59 bits per heavy atom. The monoisotopic (exact) mass is 493 g/mol. The number of imide groups is 1. The lowest BCUT2D eigenvalue weighted by atomic mass is 10.1. The number of nitrogens with zero attached hydrogens (tertiary/aromatic N) is 1. The summed E-state index contributed by atoms with van der Waals surface area (Å²) >= 11 is 18.1. The maximum absolute atomic E-state index is 12.9. The van der Waals surface area contributed by atoms with Crippen LogP contribution in [0.15, 0.2) is 53.2 Å². The number of hydrogen-bond acceptors (Lipinski definition) is 5. The summed E-state index contributed by atoms with van der Waals surface area (Å²) in [5.41, 5.74) is 0.967. The van der Waals surface area contributed by atoms with Crippen LogP contribution in [0.2, 0.25) is 10.0 Å². The summed E-state index contributed by atoms with van der Waals surface area (Å²) < 4.78 is 5.51. The third-order valence-corrected chi connectivity index (χ3v) is 6.19. The maximum Gasteiger partial charge on any atom is 0.283 e. The van der Waals surface area contributed by atoms with Gasteiger partial charge in [0.15, 0.2) is 0 Å². The minimum absolute atomic E-state index is 0.0266. The van der Waals surface area contributed by atoms with Crippen LogP contribution >= 0.6 is 34.8 Å². The van der Waals surface area contributed by atoms with Crippen molar-refractivity contribution >= 4 is 63.9 Å². The number of carbonyl (C=O) groups excluding carboxylic acids is 3. The number of rotatable bonds is 6. The summed E-state index contributed by atoms with van der Waals surface area (Å²) in [6.07, 6.45) is 1.93. The topological polar surface area (TPSA) is 87.7 Å². The van der Waals surface area contributed by atoms with E-state index in [9.17, 15) is 14.4 Å². The summed E-state index contributed by atoms with van der Waals surface area (Å²) in [6.45, 7) is 1.14. The van der Waals surface area contributed by atoms with Crippen molar-refractivity contribution in [2.24, 2.45) is 0 Å². The van der Waals surface area contributed by atoms with Gasteiger partial charge in [0, 0.05) is 24.4 Å². The minimum Gasteiger partial charge on any atom is -0.376 e. The van der Waals surface area contributed by atoms with Crippen molar-refractivity contribution in [3.05, 3.63) is 68.8 Å². The van der Waals surface area contributed by atoms with Gasteiger partial charge in [-0.05, 0) is 49.2 Å².